The highest BCUT2D eigenvalue weighted by atomic mass is 79.9. The summed E-state index contributed by atoms with van der Waals surface area (Å²) in [5, 5.41) is 2.98. The second-order valence-corrected chi connectivity index (χ2v) is 7.02. The Bertz CT molecular complexity index is 771. The van der Waals surface area contributed by atoms with Gasteiger partial charge in [0, 0.05) is 31.5 Å². The summed E-state index contributed by atoms with van der Waals surface area (Å²) in [6.07, 6.45) is 8.08. The molecule has 6 nitrogen and oxygen atoms in total. The molecule has 0 saturated carbocycles. The molecular formula is C16H20BrN5O. The van der Waals surface area contributed by atoms with E-state index in [1.807, 2.05) is 24.4 Å². The van der Waals surface area contributed by atoms with Gasteiger partial charge in [-0.3, -0.25) is 0 Å². The van der Waals surface area contributed by atoms with Crippen molar-refractivity contribution in [1.29, 1.82) is 0 Å². The molecule has 0 aromatic carbocycles. The molecule has 4 heterocycles. The molecule has 2 aliphatic rings. The Morgan fingerprint density at radius 1 is 1.48 bits per heavy atom. The number of aromatic nitrogens is 2. The predicted molar refractivity (Wildman–Crippen MR) is 95.4 cm³/mol. The van der Waals surface area contributed by atoms with Gasteiger partial charge in [-0.2, -0.15) is 0 Å². The first-order chi connectivity index (χ1) is 11.1. The standard InChI is InChI=1S/C16H20BrN5O/c1-10-4-6-22(23-10)13-8-20-16-14(13)15(12(17)7-19-16)21-5-2-3-11(18)9-21/h4,7-8,11H,2-3,5-6,9,18H2,1H3,(H,19,20)/t11-/m1/s1. The van der Waals surface area contributed by atoms with E-state index >= 15 is 0 Å². The molecule has 0 amide bonds. The average Bonchev–Trinajstić information content (AvgIpc) is 3.13. The van der Waals surface area contributed by atoms with Crippen molar-refractivity contribution in [3.63, 3.8) is 0 Å². The Balaban J connectivity index is 1.82. The Morgan fingerprint density at radius 2 is 2.35 bits per heavy atom. The maximum atomic E-state index is 6.19. The first-order valence-corrected chi connectivity index (χ1v) is 8.71. The highest BCUT2D eigenvalue weighted by molar-refractivity contribution is 9.10. The number of hydrogen-bond donors (Lipinski definition) is 2. The third kappa shape index (κ3) is 2.57. The molecular weight excluding hydrogens is 358 g/mol. The van der Waals surface area contributed by atoms with Crippen molar-refractivity contribution in [2.75, 3.05) is 29.6 Å². The number of aromatic amines is 1. The lowest BCUT2D eigenvalue weighted by atomic mass is 10.1. The molecule has 7 heteroatoms. The molecule has 0 aliphatic carbocycles. The van der Waals surface area contributed by atoms with Gasteiger partial charge >= 0.3 is 0 Å². The van der Waals surface area contributed by atoms with E-state index in [1.54, 1.807) is 0 Å². The van der Waals surface area contributed by atoms with Crippen LogP contribution in [0.4, 0.5) is 11.4 Å². The third-order valence-corrected chi connectivity index (χ3v) is 5.03. The van der Waals surface area contributed by atoms with E-state index in [9.17, 15) is 0 Å². The number of pyridine rings is 1. The largest absolute Gasteiger partial charge is 0.384 e. The van der Waals surface area contributed by atoms with Crippen molar-refractivity contribution in [3.8, 4) is 0 Å². The van der Waals surface area contributed by atoms with E-state index < -0.39 is 0 Å². The highest BCUT2D eigenvalue weighted by Crippen LogP contribution is 2.41. The van der Waals surface area contributed by atoms with Crippen molar-refractivity contribution in [2.45, 2.75) is 25.8 Å². The first kappa shape index (κ1) is 14.8. The number of hydrogen-bond acceptors (Lipinski definition) is 5. The lowest BCUT2D eigenvalue weighted by Gasteiger charge is -2.34. The van der Waals surface area contributed by atoms with Crippen molar-refractivity contribution >= 4 is 38.3 Å². The number of piperidine rings is 1. The molecule has 2 aromatic rings. The van der Waals surface area contributed by atoms with Crippen LogP contribution in [0.2, 0.25) is 0 Å². The van der Waals surface area contributed by atoms with Crippen LogP contribution in [0, 0.1) is 0 Å². The number of allylic oxidation sites excluding steroid dienone is 1. The molecule has 23 heavy (non-hydrogen) atoms. The van der Waals surface area contributed by atoms with Gasteiger partial charge in [0.1, 0.15) is 17.1 Å². The number of nitrogens with zero attached hydrogens (tertiary/aromatic N) is 3. The number of anilines is 2. The maximum Gasteiger partial charge on any atom is 0.141 e. The van der Waals surface area contributed by atoms with E-state index in [0.29, 0.717) is 0 Å². The van der Waals surface area contributed by atoms with Gasteiger partial charge in [0.15, 0.2) is 0 Å². The number of rotatable bonds is 2. The van der Waals surface area contributed by atoms with E-state index in [-0.39, 0.29) is 6.04 Å². The van der Waals surface area contributed by atoms with Crippen LogP contribution in [-0.2, 0) is 4.84 Å². The lowest BCUT2D eigenvalue weighted by Crippen LogP contribution is -2.43. The zero-order chi connectivity index (χ0) is 16.0. The molecule has 1 fully saturated rings. The minimum absolute atomic E-state index is 0.216. The number of H-pyrrole nitrogens is 1. The van der Waals surface area contributed by atoms with Gasteiger partial charge in [-0.15, -0.1) is 0 Å². The molecule has 1 atom stereocenters. The molecule has 3 N–H and O–H groups in total. The number of nitrogens with two attached hydrogens (primary N) is 1. The number of halogens is 1. The van der Waals surface area contributed by atoms with E-state index in [0.717, 1.165) is 65.1 Å². The molecule has 4 rings (SSSR count). The summed E-state index contributed by atoms with van der Waals surface area (Å²) in [6.45, 7) is 4.58. The van der Waals surface area contributed by atoms with Crippen LogP contribution >= 0.6 is 15.9 Å². The van der Waals surface area contributed by atoms with Gasteiger partial charge in [-0.1, -0.05) is 0 Å². The van der Waals surface area contributed by atoms with Gasteiger partial charge in [0.2, 0.25) is 0 Å². The van der Waals surface area contributed by atoms with Crippen LogP contribution in [0.25, 0.3) is 11.0 Å². The van der Waals surface area contributed by atoms with Crippen molar-refractivity contribution in [1.82, 2.24) is 9.97 Å². The average molecular weight is 378 g/mol. The zero-order valence-corrected chi connectivity index (χ0v) is 14.6. The minimum atomic E-state index is 0.216. The van der Waals surface area contributed by atoms with E-state index in [2.05, 4.69) is 36.9 Å². The summed E-state index contributed by atoms with van der Waals surface area (Å²) in [5.41, 5.74) is 9.21. The van der Waals surface area contributed by atoms with Crippen molar-refractivity contribution in [2.24, 2.45) is 5.73 Å². The molecule has 2 aromatic heterocycles. The number of nitrogens with one attached hydrogen (secondary N) is 1. The summed E-state index contributed by atoms with van der Waals surface area (Å²) in [6, 6.07) is 0.216. The molecule has 0 radical (unpaired) electrons. The first-order valence-electron chi connectivity index (χ1n) is 7.92. The SMILES string of the molecule is CC1=CCN(c2c[nH]c3ncc(Br)c(N4CCC[C@@H](N)C4)c23)O1. The van der Waals surface area contributed by atoms with Crippen LogP contribution < -0.4 is 15.7 Å². The summed E-state index contributed by atoms with van der Waals surface area (Å²) < 4.78 is 0.990. The molecule has 1 saturated heterocycles. The van der Waals surface area contributed by atoms with Crippen molar-refractivity contribution < 1.29 is 4.84 Å². The maximum absolute atomic E-state index is 6.19. The van der Waals surface area contributed by atoms with E-state index in [4.69, 9.17) is 10.6 Å². The number of fused-ring (bicyclic) bond motifs is 1. The topological polar surface area (TPSA) is 70.4 Å². The predicted octanol–water partition coefficient (Wildman–Crippen LogP) is 2.91. The second kappa shape index (κ2) is 5.72. The Morgan fingerprint density at radius 3 is 3.09 bits per heavy atom. The minimum Gasteiger partial charge on any atom is -0.384 e. The monoisotopic (exact) mass is 377 g/mol. The fraction of sp³-hybridized carbons (Fsp3) is 0.438. The molecule has 0 spiro atoms. The molecule has 2 aliphatic heterocycles. The van der Waals surface area contributed by atoms with Crippen LogP contribution in [0.3, 0.4) is 0 Å². The van der Waals surface area contributed by atoms with Gasteiger partial charge in [-0.05, 0) is 41.8 Å². The van der Waals surface area contributed by atoms with Crippen LogP contribution in [0.5, 0.6) is 0 Å². The quantitative estimate of drug-likeness (QED) is 0.841. The van der Waals surface area contributed by atoms with Crippen LogP contribution in [0.15, 0.2) is 28.7 Å². The van der Waals surface area contributed by atoms with Gasteiger partial charge in [0.25, 0.3) is 0 Å². The van der Waals surface area contributed by atoms with Gasteiger partial charge in [-0.25, -0.2) is 10.0 Å². The number of hydroxylamine groups is 1. The fourth-order valence-electron chi connectivity index (χ4n) is 3.37. The molecule has 122 valence electrons. The molecule has 0 bridgehead atoms. The zero-order valence-electron chi connectivity index (χ0n) is 13.1. The summed E-state index contributed by atoms with van der Waals surface area (Å²) in [5.74, 6) is 0.920. The van der Waals surface area contributed by atoms with Crippen LogP contribution in [0.1, 0.15) is 19.8 Å². The Labute approximate surface area is 143 Å². The normalized spacial score (nSPS) is 21.7. The van der Waals surface area contributed by atoms with Gasteiger partial charge in [0.05, 0.1) is 22.1 Å². The Hall–Kier alpha value is -1.73. The highest BCUT2D eigenvalue weighted by Gasteiger charge is 2.26. The van der Waals surface area contributed by atoms with Crippen molar-refractivity contribution in [3.05, 3.63) is 28.7 Å². The summed E-state index contributed by atoms with van der Waals surface area (Å²) in [7, 11) is 0. The smallest absolute Gasteiger partial charge is 0.141 e. The Kier molecular flexibility index (Phi) is 3.69. The summed E-state index contributed by atoms with van der Waals surface area (Å²) in [4.78, 5) is 15.9. The molecule has 0 unspecified atom stereocenters. The van der Waals surface area contributed by atoms with Crippen LogP contribution in [-0.4, -0.2) is 35.6 Å². The lowest BCUT2D eigenvalue weighted by molar-refractivity contribution is 0.215. The third-order valence-electron chi connectivity index (χ3n) is 4.45. The van der Waals surface area contributed by atoms with Gasteiger partial charge < -0.3 is 20.5 Å². The van der Waals surface area contributed by atoms with E-state index in [1.165, 1.54) is 0 Å². The fourth-order valence-corrected chi connectivity index (χ4v) is 3.92. The summed E-state index contributed by atoms with van der Waals surface area (Å²) >= 11 is 3.68. The second-order valence-electron chi connectivity index (χ2n) is 6.17.